The van der Waals surface area contributed by atoms with E-state index < -0.39 is 0 Å². The minimum Gasteiger partial charge on any atom is -0.456 e. The Balaban J connectivity index is 1.12. The normalized spacial score (nSPS) is 12.5. The molecule has 1 aliphatic rings. The van der Waals surface area contributed by atoms with Crippen LogP contribution in [-0.2, 0) is 0 Å². The highest BCUT2D eigenvalue weighted by molar-refractivity contribution is 7.99. The van der Waals surface area contributed by atoms with E-state index in [2.05, 4.69) is 137 Å². The molecular formula is C46H26N4OS. The summed E-state index contributed by atoms with van der Waals surface area (Å²) in [5.41, 5.74) is 12.2. The highest BCUT2D eigenvalue weighted by Crippen LogP contribution is 2.49. The number of benzene rings is 7. The monoisotopic (exact) mass is 682 g/mol. The van der Waals surface area contributed by atoms with Gasteiger partial charge in [0, 0.05) is 42.3 Å². The molecule has 4 aromatic heterocycles. The summed E-state index contributed by atoms with van der Waals surface area (Å²) in [6, 6.07) is 55.6. The van der Waals surface area contributed by atoms with Gasteiger partial charge in [-0.05, 0) is 65.7 Å². The lowest BCUT2D eigenvalue weighted by molar-refractivity contribution is 0.669. The molecule has 0 spiro atoms. The van der Waals surface area contributed by atoms with Crippen molar-refractivity contribution in [3.8, 4) is 33.9 Å². The van der Waals surface area contributed by atoms with Crippen molar-refractivity contribution in [2.75, 3.05) is 0 Å². The van der Waals surface area contributed by atoms with E-state index in [0.717, 1.165) is 72.3 Å². The van der Waals surface area contributed by atoms with Crippen molar-refractivity contribution in [3.05, 3.63) is 158 Å². The Morgan fingerprint density at radius 1 is 0.481 bits per heavy atom. The average molecular weight is 683 g/mol. The summed E-state index contributed by atoms with van der Waals surface area (Å²) in [6.45, 7) is 0. The summed E-state index contributed by atoms with van der Waals surface area (Å²) >= 11 is 1.84. The first kappa shape index (κ1) is 28.1. The molecule has 0 amide bonds. The SMILES string of the molecule is c1ccc2c(c1)Sc1cccc3c4c5ccccc5n(-c5nc6ccccc6nc5-c5ccc(-c6ccc7c(c6)oc6ccccc67)cc5)c4n-2c13. The largest absolute Gasteiger partial charge is 0.456 e. The summed E-state index contributed by atoms with van der Waals surface area (Å²) in [6.07, 6.45) is 0. The van der Waals surface area contributed by atoms with Crippen LogP contribution < -0.4 is 0 Å². The standard InChI is InChI=1S/C46H26N4OS/c1-5-15-36-32(11-1)42-33-12-9-19-41-44(33)49(37-16-6-8-18-40(37)52-41)46(42)50(36)45-43(47-34-13-3-4-14-35(34)48-45)28-22-20-27(21-23-28)29-24-25-31-30-10-2-7-17-38(30)51-39(31)26-29/h1-26H. The van der Waals surface area contributed by atoms with Gasteiger partial charge in [0.25, 0.3) is 0 Å². The Bertz CT molecular complexity index is 3280. The predicted molar refractivity (Wildman–Crippen MR) is 213 cm³/mol. The molecule has 242 valence electrons. The summed E-state index contributed by atoms with van der Waals surface area (Å²) < 4.78 is 11.0. The minimum atomic E-state index is 0.803. The molecule has 0 atom stereocenters. The lowest BCUT2D eigenvalue weighted by Gasteiger charge is -2.21. The fourth-order valence-corrected chi connectivity index (χ4v) is 9.30. The number of nitrogens with zero attached hydrogens (tertiary/aromatic N) is 4. The summed E-state index contributed by atoms with van der Waals surface area (Å²) in [4.78, 5) is 13.3. The zero-order valence-electron chi connectivity index (χ0n) is 27.6. The van der Waals surface area contributed by atoms with Crippen LogP contribution in [0.15, 0.2) is 172 Å². The van der Waals surface area contributed by atoms with Crippen molar-refractivity contribution in [1.82, 2.24) is 19.1 Å². The summed E-state index contributed by atoms with van der Waals surface area (Å²) in [7, 11) is 0. The van der Waals surface area contributed by atoms with Crippen LogP contribution in [-0.4, -0.2) is 19.1 Å². The van der Waals surface area contributed by atoms with Crippen LogP contribution >= 0.6 is 11.8 Å². The van der Waals surface area contributed by atoms with Crippen LogP contribution in [0.25, 0.3) is 99.7 Å². The van der Waals surface area contributed by atoms with Crippen molar-refractivity contribution < 1.29 is 4.42 Å². The average Bonchev–Trinajstić information content (AvgIpc) is 3.86. The fraction of sp³-hybridized carbons (Fsp3) is 0. The molecular weight excluding hydrogens is 657 g/mol. The highest BCUT2D eigenvalue weighted by Gasteiger charge is 2.29. The topological polar surface area (TPSA) is 48.8 Å². The first-order valence-corrected chi connectivity index (χ1v) is 18.2. The van der Waals surface area contributed by atoms with Crippen LogP contribution in [0.4, 0.5) is 0 Å². The van der Waals surface area contributed by atoms with Gasteiger partial charge in [0.05, 0.1) is 27.8 Å². The van der Waals surface area contributed by atoms with E-state index in [1.54, 1.807) is 0 Å². The van der Waals surface area contributed by atoms with Gasteiger partial charge in [0.2, 0.25) is 0 Å². The zero-order valence-corrected chi connectivity index (χ0v) is 28.4. The second-order valence-corrected chi connectivity index (χ2v) is 14.5. The molecule has 5 heterocycles. The fourth-order valence-electron chi connectivity index (χ4n) is 8.21. The van der Waals surface area contributed by atoms with Gasteiger partial charge >= 0.3 is 0 Å². The van der Waals surface area contributed by atoms with Gasteiger partial charge in [-0.2, -0.15) is 0 Å². The number of furan rings is 1. The molecule has 5 nitrogen and oxygen atoms in total. The molecule has 12 rings (SSSR count). The third-order valence-electron chi connectivity index (χ3n) is 10.5. The Kier molecular flexibility index (Phi) is 5.65. The third kappa shape index (κ3) is 3.84. The molecule has 7 aromatic carbocycles. The predicted octanol–water partition coefficient (Wildman–Crippen LogP) is 12.4. The van der Waals surface area contributed by atoms with Crippen molar-refractivity contribution >= 4 is 77.6 Å². The van der Waals surface area contributed by atoms with Crippen LogP contribution in [0.3, 0.4) is 0 Å². The number of aromatic nitrogens is 4. The van der Waals surface area contributed by atoms with Gasteiger partial charge < -0.3 is 4.42 Å². The maximum absolute atomic E-state index is 6.23. The van der Waals surface area contributed by atoms with Gasteiger partial charge in [0.15, 0.2) is 5.82 Å². The van der Waals surface area contributed by atoms with Crippen molar-refractivity contribution in [1.29, 1.82) is 0 Å². The van der Waals surface area contributed by atoms with E-state index in [-0.39, 0.29) is 0 Å². The summed E-state index contributed by atoms with van der Waals surface area (Å²) in [5.74, 6) is 0.803. The van der Waals surface area contributed by atoms with Gasteiger partial charge in [-0.15, -0.1) is 0 Å². The Labute approximate surface area is 301 Å². The molecule has 52 heavy (non-hydrogen) atoms. The lowest BCUT2D eigenvalue weighted by Crippen LogP contribution is -2.08. The molecule has 0 unspecified atom stereocenters. The van der Waals surface area contributed by atoms with Crippen molar-refractivity contribution in [2.24, 2.45) is 0 Å². The van der Waals surface area contributed by atoms with E-state index >= 15 is 0 Å². The van der Waals surface area contributed by atoms with Crippen molar-refractivity contribution in [3.63, 3.8) is 0 Å². The molecule has 0 saturated carbocycles. The maximum atomic E-state index is 6.23. The number of para-hydroxylation sites is 6. The number of rotatable bonds is 3. The molecule has 0 bridgehead atoms. The van der Waals surface area contributed by atoms with Crippen LogP contribution in [0, 0.1) is 0 Å². The molecule has 0 aliphatic carbocycles. The second kappa shape index (κ2) is 10.4. The molecule has 6 heteroatoms. The Morgan fingerprint density at radius 3 is 2.06 bits per heavy atom. The van der Waals surface area contributed by atoms with E-state index in [9.17, 15) is 0 Å². The van der Waals surface area contributed by atoms with Gasteiger partial charge in [0.1, 0.15) is 22.5 Å². The lowest BCUT2D eigenvalue weighted by atomic mass is 10.0. The Hall–Kier alpha value is -6.63. The molecule has 0 saturated heterocycles. The van der Waals surface area contributed by atoms with Crippen molar-refractivity contribution in [2.45, 2.75) is 9.79 Å². The molecule has 0 fully saturated rings. The van der Waals surface area contributed by atoms with E-state index in [0.29, 0.717) is 0 Å². The molecule has 11 aromatic rings. The summed E-state index contributed by atoms with van der Waals surface area (Å²) in [5, 5.41) is 5.92. The first-order valence-electron chi connectivity index (χ1n) is 17.4. The second-order valence-electron chi connectivity index (χ2n) is 13.4. The highest BCUT2D eigenvalue weighted by atomic mass is 32.2. The van der Waals surface area contributed by atoms with Crippen LogP contribution in [0.1, 0.15) is 0 Å². The smallest absolute Gasteiger partial charge is 0.166 e. The first-order chi connectivity index (χ1) is 25.8. The number of hydrogen-bond acceptors (Lipinski definition) is 4. The van der Waals surface area contributed by atoms with Crippen LogP contribution in [0.2, 0.25) is 0 Å². The van der Waals surface area contributed by atoms with E-state index in [1.807, 2.05) is 42.1 Å². The third-order valence-corrected chi connectivity index (χ3v) is 11.6. The molecule has 0 radical (unpaired) electrons. The number of fused-ring (bicyclic) bond motifs is 11. The Morgan fingerprint density at radius 2 is 1.15 bits per heavy atom. The van der Waals surface area contributed by atoms with Gasteiger partial charge in [-0.25, -0.2) is 9.97 Å². The molecule has 0 N–H and O–H groups in total. The van der Waals surface area contributed by atoms with Gasteiger partial charge in [-0.1, -0.05) is 115 Å². The van der Waals surface area contributed by atoms with E-state index in [4.69, 9.17) is 14.4 Å². The van der Waals surface area contributed by atoms with E-state index in [1.165, 1.54) is 37.2 Å². The zero-order chi connectivity index (χ0) is 33.9. The van der Waals surface area contributed by atoms with Gasteiger partial charge in [-0.3, -0.25) is 9.13 Å². The minimum absolute atomic E-state index is 0.803. The molecule has 1 aliphatic heterocycles. The quantitative estimate of drug-likeness (QED) is 0.186. The van der Waals surface area contributed by atoms with Crippen LogP contribution in [0.5, 0.6) is 0 Å². The maximum Gasteiger partial charge on any atom is 0.166 e. The number of hydrogen-bond donors (Lipinski definition) is 0.